The lowest BCUT2D eigenvalue weighted by molar-refractivity contribution is 0.769. The van der Waals surface area contributed by atoms with E-state index >= 15 is 0 Å². The van der Waals surface area contributed by atoms with Crippen LogP contribution in [0.25, 0.3) is 5.69 Å². The van der Waals surface area contributed by atoms with E-state index in [4.69, 9.17) is 5.73 Å². The number of nitrogen functional groups attached to an aromatic ring is 1. The van der Waals surface area contributed by atoms with Gasteiger partial charge in [-0.25, -0.2) is 4.68 Å². The second-order valence-corrected chi connectivity index (χ2v) is 5.07. The van der Waals surface area contributed by atoms with Crippen molar-refractivity contribution in [2.24, 2.45) is 0 Å². The molecule has 0 radical (unpaired) electrons. The maximum absolute atomic E-state index is 6.07. The summed E-state index contributed by atoms with van der Waals surface area (Å²) >= 11 is 2.26. The topological polar surface area (TPSA) is 43.8 Å². The van der Waals surface area contributed by atoms with E-state index in [0.717, 1.165) is 20.8 Å². The first kappa shape index (κ1) is 11.4. The Morgan fingerprint density at radius 2 is 1.88 bits per heavy atom. The van der Waals surface area contributed by atoms with Crippen molar-refractivity contribution < 1.29 is 0 Å². The summed E-state index contributed by atoms with van der Waals surface area (Å²) in [5, 5.41) is 4.56. The molecule has 0 amide bonds. The van der Waals surface area contributed by atoms with Crippen molar-refractivity contribution in [2.75, 3.05) is 5.73 Å². The molecule has 4 heteroatoms. The van der Waals surface area contributed by atoms with Crippen molar-refractivity contribution in [2.45, 2.75) is 19.8 Å². The van der Waals surface area contributed by atoms with Gasteiger partial charge in [-0.3, -0.25) is 0 Å². The summed E-state index contributed by atoms with van der Waals surface area (Å²) in [6, 6.07) is 9.96. The summed E-state index contributed by atoms with van der Waals surface area (Å²) in [4.78, 5) is 0. The van der Waals surface area contributed by atoms with E-state index in [-0.39, 0.29) is 0 Å². The molecule has 2 aromatic rings. The zero-order chi connectivity index (χ0) is 11.7. The number of para-hydroxylation sites is 1. The second-order valence-electron chi connectivity index (χ2n) is 3.99. The van der Waals surface area contributed by atoms with Crippen LogP contribution in [0.1, 0.15) is 25.5 Å². The summed E-state index contributed by atoms with van der Waals surface area (Å²) in [5.74, 6) is 1.11. The van der Waals surface area contributed by atoms with Gasteiger partial charge < -0.3 is 5.73 Å². The maximum Gasteiger partial charge on any atom is 0.141 e. The lowest BCUT2D eigenvalue weighted by atomic mass is 10.1. The molecular formula is C12H14IN3. The van der Waals surface area contributed by atoms with Crippen LogP contribution in [-0.2, 0) is 0 Å². The van der Waals surface area contributed by atoms with Gasteiger partial charge in [-0.15, -0.1) is 0 Å². The number of nitrogens with two attached hydrogens (primary N) is 1. The van der Waals surface area contributed by atoms with Crippen molar-refractivity contribution >= 4 is 28.4 Å². The predicted molar refractivity (Wildman–Crippen MR) is 74.8 cm³/mol. The molecule has 0 atom stereocenters. The molecule has 0 fully saturated rings. The first-order valence-electron chi connectivity index (χ1n) is 5.20. The van der Waals surface area contributed by atoms with Crippen LogP contribution < -0.4 is 5.73 Å². The van der Waals surface area contributed by atoms with E-state index < -0.39 is 0 Å². The quantitative estimate of drug-likeness (QED) is 0.861. The molecule has 0 saturated heterocycles. The van der Waals surface area contributed by atoms with Crippen LogP contribution in [0.5, 0.6) is 0 Å². The van der Waals surface area contributed by atoms with E-state index in [0.29, 0.717) is 5.92 Å². The van der Waals surface area contributed by atoms with Crippen molar-refractivity contribution in [1.82, 2.24) is 9.78 Å². The minimum atomic E-state index is 0.388. The summed E-state index contributed by atoms with van der Waals surface area (Å²) in [5.41, 5.74) is 8.13. The van der Waals surface area contributed by atoms with Crippen molar-refractivity contribution in [3.05, 3.63) is 39.6 Å². The molecule has 2 N–H and O–H groups in total. The third-order valence-electron chi connectivity index (χ3n) is 2.43. The lowest BCUT2D eigenvalue weighted by Gasteiger charge is -2.02. The van der Waals surface area contributed by atoms with Gasteiger partial charge >= 0.3 is 0 Å². The first-order chi connectivity index (χ1) is 7.61. The van der Waals surface area contributed by atoms with Crippen LogP contribution in [0, 0.1) is 3.57 Å². The third-order valence-corrected chi connectivity index (χ3v) is 3.54. The largest absolute Gasteiger partial charge is 0.383 e. The third kappa shape index (κ3) is 1.93. The van der Waals surface area contributed by atoms with Gasteiger partial charge in [-0.1, -0.05) is 32.0 Å². The van der Waals surface area contributed by atoms with Gasteiger partial charge in [0.15, 0.2) is 0 Å². The summed E-state index contributed by atoms with van der Waals surface area (Å²) in [6.07, 6.45) is 0. The predicted octanol–water partition coefficient (Wildman–Crippen LogP) is 3.18. The van der Waals surface area contributed by atoms with Crippen LogP contribution >= 0.6 is 22.6 Å². The number of aromatic nitrogens is 2. The molecule has 2 rings (SSSR count). The molecule has 16 heavy (non-hydrogen) atoms. The van der Waals surface area contributed by atoms with Crippen LogP contribution in [-0.4, -0.2) is 9.78 Å². The van der Waals surface area contributed by atoms with Crippen molar-refractivity contribution in [3.63, 3.8) is 0 Å². The first-order valence-corrected chi connectivity index (χ1v) is 6.28. The van der Waals surface area contributed by atoms with Gasteiger partial charge in [0.1, 0.15) is 5.82 Å². The average molecular weight is 327 g/mol. The molecule has 0 bridgehead atoms. The fraction of sp³-hybridized carbons (Fsp3) is 0.250. The standard InChI is InChI=1S/C12H14IN3/c1-8(2)11-10(13)12(14)16(15-11)9-6-4-3-5-7-9/h3-8H,14H2,1-2H3. The van der Waals surface area contributed by atoms with E-state index in [1.165, 1.54) is 0 Å². The zero-order valence-corrected chi connectivity index (χ0v) is 11.5. The van der Waals surface area contributed by atoms with Gasteiger partial charge in [0.05, 0.1) is 15.0 Å². The Balaban J connectivity index is 2.55. The number of benzene rings is 1. The second kappa shape index (κ2) is 4.45. The Bertz CT molecular complexity index is 488. The number of anilines is 1. The van der Waals surface area contributed by atoms with Crippen LogP contribution in [0.15, 0.2) is 30.3 Å². The van der Waals surface area contributed by atoms with Crippen LogP contribution in [0.3, 0.4) is 0 Å². The molecule has 84 valence electrons. The molecule has 0 unspecified atom stereocenters. The highest BCUT2D eigenvalue weighted by Crippen LogP contribution is 2.27. The molecule has 0 spiro atoms. The molecule has 0 aliphatic rings. The Morgan fingerprint density at radius 1 is 1.25 bits per heavy atom. The minimum absolute atomic E-state index is 0.388. The molecule has 1 aromatic carbocycles. The molecule has 1 heterocycles. The highest BCUT2D eigenvalue weighted by atomic mass is 127. The SMILES string of the molecule is CC(C)c1nn(-c2ccccc2)c(N)c1I. The summed E-state index contributed by atoms with van der Waals surface area (Å²) in [7, 11) is 0. The fourth-order valence-corrected chi connectivity index (χ4v) is 2.52. The summed E-state index contributed by atoms with van der Waals surface area (Å²) in [6.45, 7) is 4.25. The number of nitrogens with zero attached hydrogens (tertiary/aromatic N) is 2. The highest BCUT2D eigenvalue weighted by molar-refractivity contribution is 14.1. The number of halogens is 1. The fourth-order valence-electron chi connectivity index (χ4n) is 1.56. The number of rotatable bonds is 2. The number of hydrogen-bond donors (Lipinski definition) is 1. The molecule has 0 aliphatic carbocycles. The monoisotopic (exact) mass is 327 g/mol. The molecular weight excluding hydrogens is 313 g/mol. The highest BCUT2D eigenvalue weighted by Gasteiger charge is 2.16. The average Bonchev–Trinajstić information content (AvgIpc) is 2.58. The van der Waals surface area contributed by atoms with Crippen molar-refractivity contribution in [1.29, 1.82) is 0 Å². The van der Waals surface area contributed by atoms with E-state index in [2.05, 4.69) is 41.5 Å². The Labute approximate surface area is 109 Å². The van der Waals surface area contributed by atoms with Gasteiger partial charge in [-0.2, -0.15) is 5.10 Å². The van der Waals surface area contributed by atoms with Crippen LogP contribution in [0.4, 0.5) is 5.82 Å². The van der Waals surface area contributed by atoms with E-state index in [1.54, 1.807) is 4.68 Å². The summed E-state index contributed by atoms with van der Waals surface area (Å²) < 4.78 is 2.85. The zero-order valence-electron chi connectivity index (χ0n) is 9.31. The van der Waals surface area contributed by atoms with Gasteiger partial charge in [0.2, 0.25) is 0 Å². The Morgan fingerprint density at radius 3 is 2.38 bits per heavy atom. The lowest BCUT2D eigenvalue weighted by Crippen LogP contribution is -2.02. The van der Waals surface area contributed by atoms with E-state index in [1.807, 2.05) is 30.3 Å². The molecule has 0 saturated carbocycles. The van der Waals surface area contributed by atoms with Gasteiger partial charge in [-0.05, 0) is 40.6 Å². The van der Waals surface area contributed by atoms with Gasteiger partial charge in [0.25, 0.3) is 0 Å². The Kier molecular flexibility index (Phi) is 3.18. The van der Waals surface area contributed by atoms with Crippen molar-refractivity contribution in [3.8, 4) is 5.69 Å². The molecule has 0 aliphatic heterocycles. The maximum atomic E-state index is 6.07. The number of hydrogen-bond acceptors (Lipinski definition) is 2. The smallest absolute Gasteiger partial charge is 0.141 e. The molecule has 3 nitrogen and oxygen atoms in total. The van der Waals surface area contributed by atoms with Gasteiger partial charge in [0, 0.05) is 0 Å². The molecule has 1 aromatic heterocycles. The van der Waals surface area contributed by atoms with E-state index in [9.17, 15) is 0 Å². The van der Waals surface area contributed by atoms with Crippen LogP contribution in [0.2, 0.25) is 0 Å². The Hall–Kier alpha value is -1.04. The minimum Gasteiger partial charge on any atom is -0.383 e. The normalized spacial score (nSPS) is 11.0.